The Morgan fingerprint density at radius 2 is 2.36 bits per heavy atom. The molecule has 80 valence electrons. The highest BCUT2D eigenvalue weighted by atomic mass is 35.5. The molecule has 0 saturated heterocycles. The van der Waals surface area contributed by atoms with Gasteiger partial charge in [-0.25, -0.2) is 4.98 Å². The van der Waals surface area contributed by atoms with Gasteiger partial charge in [0.05, 0.1) is 12.7 Å². The molecule has 0 bridgehead atoms. The third kappa shape index (κ3) is 3.82. The molecule has 0 fully saturated rings. The largest absolute Gasteiger partial charge is 0.377 e. The maximum Gasteiger partial charge on any atom is 0.186 e. The number of thiazole rings is 1. The van der Waals surface area contributed by atoms with Gasteiger partial charge in [0.25, 0.3) is 0 Å². The topological polar surface area (TPSA) is 25.4 Å². The van der Waals surface area contributed by atoms with Crippen LogP contribution in [0.4, 0.5) is 5.13 Å². The first kappa shape index (κ1) is 11.8. The van der Waals surface area contributed by atoms with Crippen LogP contribution in [0.2, 0.25) is 5.15 Å². The Kier molecular flexibility index (Phi) is 4.65. The number of halogens is 1. The van der Waals surface area contributed by atoms with Gasteiger partial charge in [0, 0.05) is 19.0 Å². The van der Waals surface area contributed by atoms with Crippen LogP contribution in [0.25, 0.3) is 0 Å². The van der Waals surface area contributed by atoms with Gasteiger partial charge in [0.15, 0.2) is 5.13 Å². The second-order valence-corrected chi connectivity index (χ2v) is 4.52. The Morgan fingerprint density at radius 3 is 2.86 bits per heavy atom. The predicted molar refractivity (Wildman–Crippen MR) is 61.5 cm³/mol. The maximum absolute atomic E-state index is 5.73. The Bertz CT molecular complexity index is 278. The molecule has 5 heteroatoms. The molecular formula is C9H15ClN2OS. The van der Waals surface area contributed by atoms with Crippen LogP contribution in [0, 0.1) is 0 Å². The summed E-state index contributed by atoms with van der Waals surface area (Å²) in [4.78, 5) is 6.20. The zero-order chi connectivity index (χ0) is 10.6. The van der Waals surface area contributed by atoms with E-state index in [0.29, 0.717) is 11.8 Å². The minimum absolute atomic E-state index is 0.281. The molecule has 14 heavy (non-hydrogen) atoms. The molecule has 1 aromatic rings. The first-order chi connectivity index (χ1) is 6.59. The van der Waals surface area contributed by atoms with Gasteiger partial charge in [0.2, 0.25) is 0 Å². The lowest BCUT2D eigenvalue weighted by Crippen LogP contribution is -2.23. The van der Waals surface area contributed by atoms with E-state index in [1.165, 1.54) is 0 Å². The molecule has 1 aromatic heterocycles. The molecule has 1 heterocycles. The first-order valence-corrected chi connectivity index (χ1v) is 5.79. The van der Waals surface area contributed by atoms with Crippen LogP contribution >= 0.6 is 22.9 Å². The zero-order valence-electron chi connectivity index (χ0n) is 8.66. The number of hydrogen-bond donors (Lipinski definition) is 0. The van der Waals surface area contributed by atoms with Crippen LogP contribution in [-0.4, -0.2) is 31.3 Å². The molecule has 0 saturated carbocycles. The molecule has 0 aliphatic carbocycles. The molecule has 0 radical (unpaired) electrons. The Labute approximate surface area is 93.7 Å². The van der Waals surface area contributed by atoms with Gasteiger partial charge in [-0.2, -0.15) is 0 Å². The lowest BCUT2D eigenvalue weighted by Gasteiger charge is -2.16. The van der Waals surface area contributed by atoms with E-state index in [-0.39, 0.29) is 6.10 Å². The molecule has 0 aliphatic rings. The van der Waals surface area contributed by atoms with E-state index in [1.54, 1.807) is 11.3 Å². The second kappa shape index (κ2) is 5.53. The fraction of sp³-hybridized carbons (Fsp3) is 0.667. The Morgan fingerprint density at radius 1 is 1.64 bits per heavy atom. The van der Waals surface area contributed by atoms with Crippen LogP contribution < -0.4 is 4.90 Å². The highest BCUT2D eigenvalue weighted by molar-refractivity contribution is 7.14. The van der Waals surface area contributed by atoms with E-state index in [9.17, 15) is 0 Å². The van der Waals surface area contributed by atoms with Gasteiger partial charge in [-0.05, 0) is 13.8 Å². The van der Waals surface area contributed by atoms with Crippen molar-refractivity contribution in [2.24, 2.45) is 0 Å². The van der Waals surface area contributed by atoms with E-state index < -0.39 is 0 Å². The molecule has 3 nitrogen and oxygen atoms in total. The van der Waals surface area contributed by atoms with Crippen molar-refractivity contribution in [2.75, 3.05) is 25.1 Å². The number of likely N-dealkylation sites (N-methyl/N-ethyl adjacent to an activating group) is 1. The number of rotatable bonds is 5. The summed E-state index contributed by atoms with van der Waals surface area (Å²) < 4.78 is 5.44. The molecule has 0 aromatic carbocycles. The van der Waals surface area contributed by atoms with Crippen molar-refractivity contribution in [3.63, 3.8) is 0 Å². The van der Waals surface area contributed by atoms with Gasteiger partial charge >= 0.3 is 0 Å². The third-order valence-electron chi connectivity index (χ3n) is 1.67. The van der Waals surface area contributed by atoms with Gasteiger partial charge in [-0.1, -0.05) is 11.6 Å². The summed E-state index contributed by atoms with van der Waals surface area (Å²) in [7, 11) is 1.98. The molecule has 0 aliphatic heterocycles. The molecule has 0 amide bonds. The van der Waals surface area contributed by atoms with Crippen LogP contribution in [0.1, 0.15) is 13.8 Å². The quantitative estimate of drug-likeness (QED) is 0.783. The van der Waals surface area contributed by atoms with E-state index in [4.69, 9.17) is 16.3 Å². The predicted octanol–water partition coefficient (Wildman–Crippen LogP) is 2.66. The zero-order valence-corrected chi connectivity index (χ0v) is 10.2. The molecule has 0 atom stereocenters. The normalized spacial score (nSPS) is 10.9. The van der Waals surface area contributed by atoms with Crippen molar-refractivity contribution in [3.05, 3.63) is 10.5 Å². The average molecular weight is 235 g/mol. The number of nitrogens with zero attached hydrogens (tertiary/aromatic N) is 2. The van der Waals surface area contributed by atoms with Gasteiger partial charge < -0.3 is 9.64 Å². The monoisotopic (exact) mass is 234 g/mol. The summed E-state index contributed by atoms with van der Waals surface area (Å²) in [6.45, 7) is 5.61. The number of aromatic nitrogens is 1. The Hall–Kier alpha value is -0.320. The molecule has 0 N–H and O–H groups in total. The van der Waals surface area contributed by atoms with Gasteiger partial charge in [0.1, 0.15) is 5.15 Å². The summed E-state index contributed by atoms with van der Waals surface area (Å²) in [5.74, 6) is 0. The molecular weight excluding hydrogens is 220 g/mol. The standard InChI is InChI=1S/C9H15ClN2OS/c1-7(2)13-5-4-12(3)9-11-8(10)6-14-9/h6-7H,4-5H2,1-3H3. The van der Waals surface area contributed by atoms with E-state index in [0.717, 1.165) is 11.7 Å². The molecule has 0 spiro atoms. The van der Waals surface area contributed by atoms with E-state index in [2.05, 4.69) is 4.98 Å². The average Bonchev–Trinajstić information content (AvgIpc) is 2.51. The summed E-state index contributed by atoms with van der Waals surface area (Å²) in [5.41, 5.74) is 0. The number of hydrogen-bond acceptors (Lipinski definition) is 4. The summed E-state index contributed by atoms with van der Waals surface area (Å²) in [5, 5.41) is 3.32. The number of anilines is 1. The van der Waals surface area contributed by atoms with Gasteiger partial charge in [-0.3, -0.25) is 0 Å². The number of ether oxygens (including phenoxy) is 1. The molecule has 0 unspecified atom stereocenters. The SMILES string of the molecule is CC(C)OCCN(C)c1nc(Cl)cs1. The third-order valence-corrected chi connectivity index (χ3v) is 2.95. The van der Waals surface area contributed by atoms with Gasteiger partial charge in [-0.15, -0.1) is 11.3 Å². The van der Waals surface area contributed by atoms with Crippen molar-refractivity contribution in [1.29, 1.82) is 0 Å². The van der Waals surface area contributed by atoms with Crippen molar-refractivity contribution in [2.45, 2.75) is 20.0 Å². The first-order valence-electron chi connectivity index (χ1n) is 4.53. The van der Waals surface area contributed by atoms with Crippen LogP contribution in [0.5, 0.6) is 0 Å². The van der Waals surface area contributed by atoms with Crippen LogP contribution in [0.3, 0.4) is 0 Å². The lowest BCUT2D eigenvalue weighted by molar-refractivity contribution is 0.0846. The van der Waals surface area contributed by atoms with Crippen molar-refractivity contribution >= 4 is 28.1 Å². The fourth-order valence-corrected chi connectivity index (χ4v) is 1.88. The second-order valence-electron chi connectivity index (χ2n) is 3.29. The Balaban J connectivity index is 2.32. The van der Waals surface area contributed by atoms with E-state index >= 15 is 0 Å². The minimum Gasteiger partial charge on any atom is -0.377 e. The summed E-state index contributed by atoms with van der Waals surface area (Å²) >= 11 is 7.27. The van der Waals surface area contributed by atoms with E-state index in [1.807, 2.05) is 31.2 Å². The minimum atomic E-state index is 0.281. The summed E-state index contributed by atoms with van der Waals surface area (Å²) in [6, 6.07) is 0. The van der Waals surface area contributed by atoms with Crippen molar-refractivity contribution in [1.82, 2.24) is 4.98 Å². The lowest BCUT2D eigenvalue weighted by atomic mass is 10.5. The maximum atomic E-state index is 5.73. The van der Waals surface area contributed by atoms with Crippen LogP contribution in [-0.2, 0) is 4.74 Å². The summed E-state index contributed by atoms with van der Waals surface area (Å²) in [6.07, 6.45) is 0.281. The smallest absolute Gasteiger partial charge is 0.186 e. The van der Waals surface area contributed by atoms with Crippen LogP contribution in [0.15, 0.2) is 5.38 Å². The highest BCUT2D eigenvalue weighted by Crippen LogP contribution is 2.21. The van der Waals surface area contributed by atoms with Crippen molar-refractivity contribution in [3.8, 4) is 0 Å². The molecule has 1 rings (SSSR count). The highest BCUT2D eigenvalue weighted by Gasteiger charge is 2.05. The fourth-order valence-electron chi connectivity index (χ4n) is 0.942. The van der Waals surface area contributed by atoms with Crippen molar-refractivity contribution < 1.29 is 4.74 Å².